The lowest BCUT2D eigenvalue weighted by Crippen LogP contribution is -2.36. The van der Waals surface area contributed by atoms with Crippen LogP contribution in [-0.4, -0.2) is 47.3 Å². The number of rotatable bonds is 5. The summed E-state index contributed by atoms with van der Waals surface area (Å²) in [6.45, 7) is -0.697. The van der Waals surface area contributed by atoms with Gasteiger partial charge in [0.2, 0.25) is 0 Å². The quantitative estimate of drug-likeness (QED) is 0.649. The van der Waals surface area contributed by atoms with E-state index in [-0.39, 0.29) is 31.9 Å². The molecule has 0 saturated heterocycles. The molecule has 0 atom stereocenters. The molecule has 18 heavy (non-hydrogen) atoms. The van der Waals surface area contributed by atoms with Crippen molar-refractivity contribution >= 4 is 11.6 Å². The fourth-order valence-electron chi connectivity index (χ4n) is 1.45. The van der Waals surface area contributed by atoms with Crippen LogP contribution in [0.4, 0.5) is 14.5 Å². The number of nitrogen functional groups attached to an aromatic ring is 1. The third kappa shape index (κ3) is 3.14. The molecule has 100 valence electrons. The van der Waals surface area contributed by atoms with Crippen LogP contribution in [0.15, 0.2) is 12.1 Å². The number of aliphatic hydroxyl groups is 2. The first-order valence-electron chi connectivity index (χ1n) is 5.26. The summed E-state index contributed by atoms with van der Waals surface area (Å²) < 4.78 is 26.4. The van der Waals surface area contributed by atoms with E-state index in [0.717, 1.165) is 17.0 Å². The van der Waals surface area contributed by atoms with Crippen LogP contribution < -0.4 is 5.73 Å². The van der Waals surface area contributed by atoms with Crippen molar-refractivity contribution in [3.05, 3.63) is 29.3 Å². The van der Waals surface area contributed by atoms with Gasteiger partial charge in [0.05, 0.1) is 13.2 Å². The number of nitrogens with zero attached hydrogens (tertiary/aromatic N) is 1. The minimum Gasteiger partial charge on any atom is -0.395 e. The predicted octanol–water partition coefficient (Wildman–Crippen LogP) is -0.0262. The first kappa shape index (κ1) is 14.3. The van der Waals surface area contributed by atoms with Crippen molar-refractivity contribution in [3.8, 4) is 0 Å². The molecule has 7 heteroatoms. The SMILES string of the molecule is Nc1c(F)cc(C(=O)N(CCO)CCO)cc1F. The zero-order valence-electron chi connectivity index (χ0n) is 9.57. The summed E-state index contributed by atoms with van der Waals surface area (Å²) >= 11 is 0. The van der Waals surface area contributed by atoms with E-state index in [1.807, 2.05) is 0 Å². The summed E-state index contributed by atoms with van der Waals surface area (Å²) in [5.74, 6) is -2.73. The van der Waals surface area contributed by atoms with Gasteiger partial charge in [0.1, 0.15) is 17.3 Å². The van der Waals surface area contributed by atoms with Crippen LogP contribution in [0.1, 0.15) is 10.4 Å². The summed E-state index contributed by atoms with van der Waals surface area (Å²) in [5.41, 5.74) is 4.22. The summed E-state index contributed by atoms with van der Waals surface area (Å²) in [6.07, 6.45) is 0. The van der Waals surface area contributed by atoms with Gasteiger partial charge in [-0.1, -0.05) is 0 Å². The monoisotopic (exact) mass is 260 g/mol. The van der Waals surface area contributed by atoms with Crippen molar-refractivity contribution in [2.75, 3.05) is 32.0 Å². The molecule has 0 heterocycles. The topological polar surface area (TPSA) is 86.8 Å². The molecular weight excluding hydrogens is 246 g/mol. The average molecular weight is 260 g/mol. The molecule has 0 aliphatic carbocycles. The van der Waals surface area contributed by atoms with Gasteiger partial charge in [-0.3, -0.25) is 4.79 Å². The second-order valence-electron chi connectivity index (χ2n) is 3.59. The van der Waals surface area contributed by atoms with Gasteiger partial charge < -0.3 is 20.8 Å². The van der Waals surface area contributed by atoms with Gasteiger partial charge in [-0.15, -0.1) is 0 Å². The fraction of sp³-hybridized carbons (Fsp3) is 0.364. The third-order valence-electron chi connectivity index (χ3n) is 2.35. The number of anilines is 1. The molecule has 0 bridgehead atoms. The second kappa shape index (κ2) is 6.27. The minimum atomic E-state index is -1.02. The lowest BCUT2D eigenvalue weighted by atomic mass is 10.1. The third-order valence-corrected chi connectivity index (χ3v) is 2.35. The number of benzene rings is 1. The zero-order chi connectivity index (χ0) is 13.7. The van der Waals surface area contributed by atoms with E-state index < -0.39 is 23.2 Å². The number of amides is 1. The molecule has 5 nitrogen and oxygen atoms in total. The fourth-order valence-corrected chi connectivity index (χ4v) is 1.45. The van der Waals surface area contributed by atoms with Crippen LogP contribution in [-0.2, 0) is 0 Å². The van der Waals surface area contributed by atoms with Crippen molar-refractivity contribution in [3.63, 3.8) is 0 Å². The molecule has 4 N–H and O–H groups in total. The van der Waals surface area contributed by atoms with E-state index in [1.54, 1.807) is 0 Å². The molecule has 1 aromatic carbocycles. The Morgan fingerprint density at radius 1 is 1.17 bits per heavy atom. The molecule has 0 unspecified atom stereocenters. The maximum absolute atomic E-state index is 13.2. The van der Waals surface area contributed by atoms with Gasteiger partial charge in [0.15, 0.2) is 0 Å². The molecule has 0 fully saturated rings. The standard InChI is InChI=1S/C11H14F2N2O3/c12-8-5-7(6-9(13)10(8)14)11(18)15(1-3-16)2-4-17/h5-6,16-17H,1-4,14H2. The van der Waals surface area contributed by atoms with Crippen molar-refractivity contribution < 1.29 is 23.8 Å². The van der Waals surface area contributed by atoms with Crippen LogP contribution in [0.5, 0.6) is 0 Å². The number of aliphatic hydroxyl groups excluding tert-OH is 2. The Morgan fingerprint density at radius 3 is 2.00 bits per heavy atom. The van der Waals surface area contributed by atoms with Crippen LogP contribution in [0.25, 0.3) is 0 Å². The molecule has 1 rings (SSSR count). The van der Waals surface area contributed by atoms with Crippen LogP contribution in [0.2, 0.25) is 0 Å². The average Bonchev–Trinajstić information content (AvgIpc) is 2.34. The molecule has 0 aromatic heterocycles. The van der Waals surface area contributed by atoms with Gasteiger partial charge in [0, 0.05) is 18.7 Å². The van der Waals surface area contributed by atoms with Gasteiger partial charge in [0.25, 0.3) is 5.91 Å². The lowest BCUT2D eigenvalue weighted by Gasteiger charge is -2.20. The van der Waals surface area contributed by atoms with Crippen molar-refractivity contribution in [2.24, 2.45) is 0 Å². The molecule has 0 radical (unpaired) electrons. The Labute approximate surface area is 102 Å². The van der Waals surface area contributed by atoms with E-state index in [0.29, 0.717) is 0 Å². The summed E-state index contributed by atoms with van der Waals surface area (Å²) in [6, 6.07) is 1.64. The van der Waals surface area contributed by atoms with Crippen molar-refractivity contribution in [2.45, 2.75) is 0 Å². The van der Waals surface area contributed by atoms with Gasteiger partial charge in [-0.25, -0.2) is 8.78 Å². The minimum absolute atomic E-state index is 0.0347. The maximum Gasteiger partial charge on any atom is 0.254 e. The molecule has 1 amide bonds. The van der Waals surface area contributed by atoms with Gasteiger partial charge >= 0.3 is 0 Å². The predicted molar refractivity (Wildman–Crippen MR) is 60.8 cm³/mol. The summed E-state index contributed by atoms with van der Waals surface area (Å²) in [4.78, 5) is 13.0. The van der Waals surface area contributed by atoms with E-state index in [9.17, 15) is 13.6 Å². The highest BCUT2D eigenvalue weighted by Gasteiger charge is 2.18. The maximum atomic E-state index is 13.2. The molecule has 0 aliphatic heterocycles. The van der Waals surface area contributed by atoms with E-state index >= 15 is 0 Å². The molecular formula is C11H14F2N2O3. The van der Waals surface area contributed by atoms with Crippen LogP contribution >= 0.6 is 0 Å². The highest BCUT2D eigenvalue weighted by Crippen LogP contribution is 2.18. The Hall–Kier alpha value is -1.73. The van der Waals surface area contributed by atoms with E-state index in [2.05, 4.69) is 0 Å². The molecule has 0 saturated carbocycles. The first-order valence-corrected chi connectivity index (χ1v) is 5.26. The number of nitrogens with two attached hydrogens (primary N) is 1. The highest BCUT2D eigenvalue weighted by atomic mass is 19.1. The Morgan fingerprint density at radius 2 is 1.61 bits per heavy atom. The zero-order valence-corrected chi connectivity index (χ0v) is 9.57. The lowest BCUT2D eigenvalue weighted by molar-refractivity contribution is 0.0684. The number of hydrogen-bond donors (Lipinski definition) is 3. The molecule has 0 spiro atoms. The van der Waals surface area contributed by atoms with E-state index in [4.69, 9.17) is 15.9 Å². The summed E-state index contributed by atoms with van der Waals surface area (Å²) in [5, 5.41) is 17.5. The van der Waals surface area contributed by atoms with Crippen molar-refractivity contribution in [1.29, 1.82) is 0 Å². The highest BCUT2D eigenvalue weighted by molar-refractivity contribution is 5.94. The summed E-state index contributed by atoms with van der Waals surface area (Å²) in [7, 11) is 0. The van der Waals surface area contributed by atoms with Crippen molar-refractivity contribution in [1.82, 2.24) is 4.90 Å². The van der Waals surface area contributed by atoms with Gasteiger partial charge in [-0.2, -0.15) is 0 Å². The number of carbonyl (C=O) groups excluding carboxylic acids is 1. The smallest absolute Gasteiger partial charge is 0.254 e. The van der Waals surface area contributed by atoms with Crippen LogP contribution in [0.3, 0.4) is 0 Å². The number of carbonyl (C=O) groups is 1. The number of halogens is 2. The largest absolute Gasteiger partial charge is 0.395 e. The number of hydrogen-bond acceptors (Lipinski definition) is 4. The molecule has 0 aliphatic rings. The van der Waals surface area contributed by atoms with E-state index in [1.165, 1.54) is 0 Å². The van der Waals surface area contributed by atoms with Crippen LogP contribution in [0, 0.1) is 11.6 Å². The Kier molecular flexibility index (Phi) is 4.99. The molecule has 1 aromatic rings. The van der Waals surface area contributed by atoms with Gasteiger partial charge in [-0.05, 0) is 12.1 Å². The second-order valence-corrected chi connectivity index (χ2v) is 3.59. The Bertz CT molecular complexity index is 411. The normalized spacial score (nSPS) is 10.4. The first-order chi connectivity index (χ1) is 8.51. The Balaban J connectivity index is 3.01.